The van der Waals surface area contributed by atoms with Crippen LogP contribution in [0.15, 0.2) is 6.07 Å². The summed E-state index contributed by atoms with van der Waals surface area (Å²) in [6.45, 7) is 10.8. The Morgan fingerprint density at radius 2 is 1.69 bits per heavy atom. The lowest BCUT2D eigenvalue weighted by atomic mass is 10.0. The highest BCUT2D eigenvalue weighted by molar-refractivity contribution is 7.65. The quantitative estimate of drug-likeness (QED) is 0.577. The van der Waals surface area contributed by atoms with Crippen LogP contribution in [0, 0.1) is 20.8 Å². The van der Waals surface area contributed by atoms with Crippen LogP contribution in [-0.2, 0) is 0 Å². The van der Waals surface area contributed by atoms with Gasteiger partial charge in [-0.1, -0.05) is 27.8 Å². The normalized spacial score (nSPS) is 10.9. The van der Waals surface area contributed by atoms with Crippen molar-refractivity contribution in [3.8, 4) is 0 Å². The summed E-state index contributed by atoms with van der Waals surface area (Å²) in [5, 5.41) is 1.45. The van der Waals surface area contributed by atoms with Gasteiger partial charge in [0.05, 0.1) is 0 Å². The van der Waals surface area contributed by atoms with E-state index in [0.29, 0.717) is 0 Å². The molecule has 0 aliphatic rings. The second-order valence-electron chi connectivity index (χ2n) is 4.19. The molecular formula is C14H21OP. The van der Waals surface area contributed by atoms with E-state index in [1.807, 2.05) is 6.92 Å². The summed E-state index contributed by atoms with van der Waals surface area (Å²) in [6, 6.07) is 2.16. The zero-order valence-electron chi connectivity index (χ0n) is 10.9. The summed E-state index contributed by atoms with van der Waals surface area (Å²) in [4.78, 5) is 11.1. The fraction of sp³-hybridized carbons (Fsp3) is 0.500. The molecule has 0 radical (unpaired) electrons. The molecule has 0 amide bonds. The van der Waals surface area contributed by atoms with Gasteiger partial charge in [-0.25, -0.2) is 0 Å². The maximum absolute atomic E-state index is 11.1. The van der Waals surface area contributed by atoms with Gasteiger partial charge in [0, 0.05) is 5.56 Å². The molecule has 0 aliphatic heterocycles. The van der Waals surface area contributed by atoms with E-state index in [4.69, 9.17) is 0 Å². The maximum atomic E-state index is 11.1. The summed E-state index contributed by atoms with van der Waals surface area (Å²) < 4.78 is 0. The molecule has 1 nitrogen and oxygen atoms in total. The highest BCUT2D eigenvalue weighted by Crippen LogP contribution is 2.36. The predicted molar refractivity (Wildman–Crippen MR) is 73.7 cm³/mol. The summed E-state index contributed by atoms with van der Waals surface area (Å²) in [5.74, 6) is 0. The van der Waals surface area contributed by atoms with E-state index in [1.165, 1.54) is 28.8 Å². The summed E-state index contributed by atoms with van der Waals surface area (Å²) >= 11 is 0. The van der Waals surface area contributed by atoms with Gasteiger partial charge < -0.3 is 0 Å². The van der Waals surface area contributed by atoms with Crippen LogP contribution in [0.1, 0.15) is 40.9 Å². The van der Waals surface area contributed by atoms with Crippen molar-refractivity contribution in [1.82, 2.24) is 0 Å². The number of aldehydes is 1. The smallest absolute Gasteiger partial charge is 0.150 e. The number of aryl methyl sites for hydroxylation is 2. The first-order valence-corrected chi connectivity index (χ1v) is 7.58. The lowest BCUT2D eigenvalue weighted by Gasteiger charge is -2.21. The lowest BCUT2D eigenvalue weighted by Crippen LogP contribution is -2.16. The number of hydrogen-bond acceptors (Lipinski definition) is 1. The number of carbonyl (C=O) groups excluding carboxylic acids is 1. The monoisotopic (exact) mass is 236 g/mol. The van der Waals surface area contributed by atoms with Crippen molar-refractivity contribution >= 4 is 19.5 Å². The van der Waals surface area contributed by atoms with Crippen LogP contribution in [0.25, 0.3) is 0 Å². The predicted octanol–water partition coefficient (Wildman–Crippen LogP) is 3.57. The van der Waals surface area contributed by atoms with Crippen LogP contribution in [0.3, 0.4) is 0 Å². The highest BCUT2D eigenvalue weighted by atomic mass is 31.1. The van der Waals surface area contributed by atoms with Gasteiger partial charge in [-0.2, -0.15) is 0 Å². The molecule has 16 heavy (non-hydrogen) atoms. The second kappa shape index (κ2) is 5.59. The van der Waals surface area contributed by atoms with Crippen molar-refractivity contribution in [1.29, 1.82) is 0 Å². The first-order valence-electron chi connectivity index (χ1n) is 5.87. The molecule has 1 aromatic rings. The van der Waals surface area contributed by atoms with E-state index in [-0.39, 0.29) is 7.92 Å². The Balaban J connectivity index is 3.43. The number of benzene rings is 1. The molecule has 1 aromatic carbocycles. The van der Waals surface area contributed by atoms with Crippen LogP contribution in [0.2, 0.25) is 0 Å². The third kappa shape index (κ3) is 2.35. The standard InChI is InChI=1S/C14H21OP/c1-6-16(7-2)14-11(4)8-10(3)13(9-15)12(14)5/h8-9H,6-7H2,1-5H3. The third-order valence-corrected chi connectivity index (χ3v) is 6.04. The van der Waals surface area contributed by atoms with Crippen LogP contribution in [0.4, 0.5) is 0 Å². The minimum Gasteiger partial charge on any atom is -0.298 e. The van der Waals surface area contributed by atoms with Gasteiger partial charge in [0.25, 0.3) is 0 Å². The van der Waals surface area contributed by atoms with Gasteiger partial charge in [0.1, 0.15) is 0 Å². The number of carbonyl (C=O) groups is 1. The van der Waals surface area contributed by atoms with Gasteiger partial charge in [0.2, 0.25) is 0 Å². The Bertz CT molecular complexity index is 392. The first-order chi connectivity index (χ1) is 7.56. The van der Waals surface area contributed by atoms with Crippen molar-refractivity contribution in [2.75, 3.05) is 12.3 Å². The molecule has 0 unspecified atom stereocenters. The molecule has 0 spiro atoms. The van der Waals surface area contributed by atoms with Gasteiger partial charge in [-0.3, -0.25) is 4.79 Å². The highest BCUT2D eigenvalue weighted by Gasteiger charge is 2.16. The Morgan fingerprint density at radius 3 is 2.12 bits per heavy atom. The number of hydrogen-bond donors (Lipinski definition) is 0. The van der Waals surface area contributed by atoms with Gasteiger partial charge in [-0.15, -0.1) is 0 Å². The maximum Gasteiger partial charge on any atom is 0.150 e. The zero-order chi connectivity index (χ0) is 12.3. The molecule has 1 rings (SSSR count). The van der Waals surface area contributed by atoms with Crippen LogP contribution < -0.4 is 5.30 Å². The second-order valence-corrected chi connectivity index (χ2v) is 6.98. The van der Waals surface area contributed by atoms with Gasteiger partial charge >= 0.3 is 0 Å². The van der Waals surface area contributed by atoms with E-state index in [9.17, 15) is 4.79 Å². The molecule has 0 atom stereocenters. The van der Waals surface area contributed by atoms with Crippen molar-refractivity contribution in [2.45, 2.75) is 34.6 Å². The van der Waals surface area contributed by atoms with Crippen molar-refractivity contribution in [3.63, 3.8) is 0 Å². The zero-order valence-corrected chi connectivity index (χ0v) is 11.8. The summed E-state index contributed by atoms with van der Waals surface area (Å²) in [6.07, 6.45) is 3.41. The minimum atomic E-state index is -0.0862. The molecule has 0 aromatic heterocycles. The van der Waals surface area contributed by atoms with Gasteiger partial charge in [-0.05, 0) is 55.1 Å². The summed E-state index contributed by atoms with van der Waals surface area (Å²) in [7, 11) is -0.0862. The molecule has 88 valence electrons. The molecule has 0 N–H and O–H groups in total. The fourth-order valence-electron chi connectivity index (χ4n) is 2.40. The largest absolute Gasteiger partial charge is 0.298 e. The average molecular weight is 236 g/mol. The van der Waals surface area contributed by atoms with Crippen molar-refractivity contribution < 1.29 is 4.79 Å². The molecule has 0 saturated carbocycles. The van der Waals surface area contributed by atoms with Crippen LogP contribution in [-0.4, -0.2) is 18.6 Å². The Kier molecular flexibility index (Phi) is 4.68. The van der Waals surface area contributed by atoms with E-state index < -0.39 is 0 Å². The molecule has 0 fully saturated rings. The Morgan fingerprint density at radius 1 is 1.12 bits per heavy atom. The van der Waals surface area contributed by atoms with Crippen molar-refractivity contribution in [2.24, 2.45) is 0 Å². The summed E-state index contributed by atoms with van der Waals surface area (Å²) in [5.41, 5.74) is 4.57. The fourth-order valence-corrected chi connectivity index (χ4v) is 4.64. The molecular weight excluding hydrogens is 215 g/mol. The van der Waals surface area contributed by atoms with E-state index in [0.717, 1.165) is 17.4 Å². The van der Waals surface area contributed by atoms with Crippen molar-refractivity contribution in [3.05, 3.63) is 28.3 Å². The SMILES string of the molecule is CCP(CC)c1c(C)cc(C)c(C=O)c1C. The first kappa shape index (κ1) is 13.4. The molecule has 0 heterocycles. The average Bonchev–Trinajstić information content (AvgIpc) is 2.24. The number of rotatable bonds is 4. The topological polar surface area (TPSA) is 17.1 Å². The lowest BCUT2D eigenvalue weighted by molar-refractivity contribution is 0.112. The molecule has 0 aliphatic carbocycles. The van der Waals surface area contributed by atoms with E-state index in [1.54, 1.807) is 0 Å². The van der Waals surface area contributed by atoms with E-state index >= 15 is 0 Å². The third-order valence-electron chi connectivity index (χ3n) is 3.19. The van der Waals surface area contributed by atoms with Gasteiger partial charge in [0.15, 0.2) is 6.29 Å². The van der Waals surface area contributed by atoms with E-state index in [2.05, 4.69) is 33.8 Å². The minimum absolute atomic E-state index is 0.0862. The molecule has 0 bridgehead atoms. The molecule has 0 saturated heterocycles. The Labute approximate surface area is 100 Å². The van der Waals surface area contributed by atoms with Crippen LogP contribution >= 0.6 is 7.92 Å². The Hall–Kier alpha value is -0.680. The van der Waals surface area contributed by atoms with Crippen LogP contribution in [0.5, 0.6) is 0 Å². The molecule has 2 heteroatoms.